The van der Waals surface area contributed by atoms with Gasteiger partial charge in [-0.3, -0.25) is 0 Å². The Morgan fingerprint density at radius 2 is 1.27 bits per heavy atom. The number of carboxylic acids is 1. The van der Waals surface area contributed by atoms with Gasteiger partial charge < -0.3 is 9.84 Å². The number of esters is 1. The molecule has 0 fully saturated rings. The van der Waals surface area contributed by atoms with Crippen molar-refractivity contribution in [2.75, 3.05) is 6.61 Å². The highest BCUT2D eigenvalue weighted by atomic mass is 16.5. The Morgan fingerprint density at radius 3 is 1.83 bits per heavy atom. The molecule has 0 aliphatic rings. The van der Waals surface area contributed by atoms with Gasteiger partial charge in [0, 0.05) is 0 Å². The molecule has 0 atom stereocenters. The molecule has 0 unspecified atom stereocenters. The number of aromatic carboxylic acids is 1. The summed E-state index contributed by atoms with van der Waals surface area (Å²) in [5, 5.41) is 9.12. The van der Waals surface area contributed by atoms with Crippen molar-refractivity contribution >= 4 is 11.9 Å². The number of allylic oxidation sites excluding steroid dienone is 2. The third-order valence-electron chi connectivity index (χ3n) is 5.27. The van der Waals surface area contributed by atoms with Crippen LogP contribution in [-0.4, -0.2) is 23.7 Å². The second-order valence-electron chi connectivity index (χ2n) is 7.92. The van der Waals surface area contributed by atoms with Crippen molar-refractivity contribution in [2.24, 2.45) is 0 Å². The van der Waals surface area contributed by atoms with Crippen LogP contribution >= 0.6 is 0 Å². The first-order chi connectivity index (χ1) is 14.7. The zero-order chi connectivity index (χ0) is 21.9. The first-order valence-corrected chi connectivity index (χ1v) is 11.8. The van der Waals surface area contributed by atoms with Crippen LogP contribution < -0.4 is 0 Å². The topological polar surface area (TPSA) is 63.6 Å². The Bertz CT molecular complexity index is 621. The van der Waals surface area contributed by atoms with E-state index in [9.17, 15) is 9.59 Å². The third-order valence-corrected chi connectivity index (χ3v) is 5.27. The molecule has 1 aromatic carbocycles. The van der Waals surface area contributed by atoms with Crippen LogP contribution in [0.3, 0.4) is 0 Å². The van der Waals surface area contributed by atoms with Gasteiger partial charge >= 0.3 is 11.9 Å². The van der Waals surface area contributed by atoms with Gasteiger partial charge in [0.15, 0.2) is 0 Å². The molecular formula is C26H40O4. The zero-order valence-electron chi connectivity index (χ0n) is 18.7. The maximum absolute atomic E-state index is 12.0. The molecule has 0 aliphatic heterocycles. The summed E-state index contributed by atoms with van der Waals surface area (Å²) in [6.07, 6.45) is 21.9. The van der Waals surface area contributed by atoms with E-state index in [0.717, 1.165) is 19.3 Å². The Balaban J connectivity index is 1.94. The number of rotatable bonds is 18. The lowest BCUT2D eigenvalue weighted by molar-refractivity contribution is 0.0487. The molecule has 1 rings (SSSR count). The van der Waals surface area contributed by atoms with Gasteiger partial charge in [0.25, 0.3) is 0 Å². The molecule has 0 amide bonds. The van der Waals surface area contributed by atoms with Crippen LogP contribution in [0.1, 0.15) is 118 Å². The summed E-state index contributed by atoms with van der Waals surface area (Å²) in [5.41, 5.74) is 0.109. The van der Waals surface area contributed by atoms with Gasteiger partial charge in [-0.25, -0.2) is 9.59 Å². The highest BCUT2D eigenvalue weighted by molar-refractivity contribution is 6.02. The second kappa shape index (κ2) is 17.7. The Kier molecular flexibility index (Phi) is 15.3. The Labute approximate surface area is 182 Å². The number of benzene rings is 1. The largest absolute Gasteiger partial charge is 0.478 e. The van der Waals surface area contributed by atoms with Gasteiger partial charge in [-0.1, -0.05) is 89.0 Å². The molecule has 4 heteroatoms. The lowest BCUT2D eigenvalue weighted by Crippen LogP contribution is -2.12. The van der Waals surface area contributed by atoms with Crippen molar-refractivity contribution in [2.45, 2.75) is 96.8 Å². The smallest absolute Gasteiger partial charge is 0.339 e. The molecule has 0 radical (unpaired) electrons. The van der Waals surface area contributed by atoms with Crippen LogP contribution in [0.25, 0.3) is 0 Å². The van der Waals surface area contributed by atoms with E-state index < -0.39 is 11.9 Å². The molecule has 0 bridgehead atoms. The molecule has 4 nitrogen and oxygen atoms in total. The van der Waals surface area contributed by atoms with E-state index in [-0.39, 0.29) is 11.1 Å². The number of hydrogen-bond donors (Lipinski definition) is 1. The molecule has 1 N–H and O–H groups in total. The van der Waals surface area contributed by atoms with Crippen LogP contribution in [0.5, 0.6) is 0 Å². The fraction of sp³-hybridized carbons (Fsp3) is 0.615. The Morgan fingerprint density at radius 1 is 0.767 bits per heavy atom. The van der Waals surface area contributed by atoms with Crippen LogP contribution in [0.2, 0.25) is 0 Å². The summed E-state index contributed by atoms with van der Waals surface area (Å²) < 4.78 is 5.23. The minimum atomic E-state index is -1.11. The fourth-order valence-corrected chi connectivity index (χ4v) is 3.44. The van der Waals surface area contributed by atoms with Crippen molar-refractivity contribution in [3.8, 4) is 0 Å². The average molecular weight is 417 g/mol. The van der Waals surface area contributed by atoms with Crippen molar-refractivity contribution in [3.05, 3.63) is 47.5 Å². The summed E-state index contributed by atoms with van der Waals surface area (Å²) in [5.74, 6) is -1.67. The molecule has 1 aromatic rings. The fourth-order valence-electron chi connectivity index (χ4n) is 3.44. The first-order valence-electron chi connectivity index (χ1n) is 11.8. The summed E-state index contributed by atoms with van der Waals surface area (Å²) in [6, 6.07) is 6.16. The number of hydrogen-bond acceptors (Lipinski definition) is 3. The number of unbranched alkanes of at least 4 members (excludes halogenated alkanes) is 12. The summed E-state index contributed by atoms with van der Waals surface area (Å²) in [6.45, 7) is 2.60. The summed E-state index contributed by atoms with van der Waals surface area (Å²) in [4.78, 5) is 23.2. The standard InChI is InChI=1S/C26H40O4/c1-2-3-4-5-6-7-8-9-10-11-12-13-14-15-16-19-22-30-26(29)24-21-18-17-20-23(24)25(27)28/h9-10,17-18,20-21H,2-8,11-16,19,22H2,1H3,(H,27,28)/b10-9-. The molecule has 0 saturated carbocycles. The zero-order valence-corrected chi connectivity index (χ0v) is 18.7. The lowest BCUT2D eigenvalue weighted by atomic mass is 10.1. The van der Waals surface area contributed by atoms with Gasteiger partial charge in [-0.2, -0.15) is 0 Å². The van der Waals surface area contributed by atoms with Gasteiger partial charge in [0.1, 0.15) is 0 Å². The maximum Gasteiger partial charge on any atom is 0.339 e. The second-order valence-corrected chi connectivity index (χ2v) is 7.92. The molecule has 0 spiro atoms. The highest BCUT2D eigenvalue weighted by Gasteiger charge is 2.16. The van der Waals surface area contributed by atoms with Crippen molar-refractivity contribution in [1.82, 2.24) is 0 Å². The van der Waals surface area contributed by atoms with E-state index in [1.165, 1.54) is 82.8 Å². The van der Waals surface area contributed by atoms with E-state index in [1.807, 2.05) is 0 Å². The number of carbonyl (C=O) groups is 2. The first kappa shape index (κ1) is 25.9. The van der Waals surface area contributed by atoms with Crippen LogP contribution in [0.4, 0.5) is 0 Å². The number of ether oxygens (including phenoxy) is 1. The SMILES string of the molecule is CCCCCCCC/C=C\CCCCCCCCOC(=O)c1ccccc1C(=O)O. The molecule has 0 saturated heterocycles. The van der Waals surface area contributed by atoms with Crippen molar-refractivity contribution in [3.63, 3.8) is 0 Å². The average Bonchev–Trinajstić information content (AvgIpc) is 2.75. The quantitative estimate of drug-likeness (QED) is 0.152. The van der Waals surface area contributed by atoms with Crippen LogP contribution in [-0.2, 0) is 4.74 Å². The van der Waals surface area contributed by atoms with E-state index >= 15 is 0 Å². The summed E-state index contributed by atoms with van der Waals surface area (Å²) in [7, 11) is 0. The predicted molar refractivity (Wildman–Crippen MR) is 123 cm³/mol. The van der Waals surface area contributed by atoms with Gasteiger partial charge in [0.05, 0.1) is 17.7 Å². The highest BCUT2D eigenvalue weighted by Crippen LogP contribution is 2.12. The van der Waals surface area contributed by atoms with Gasteiger partial charge in [0.2, 0.25) is 0 Å². The maximum atomic E-state index is 12.0. The van der Waals surface area contributed by atoms with Gasteiger partial charge in [-0.05, 0) is 44.2 Å². The number of carboxylic acid groups (broad SMARTS) is 1. The van der Waals surface area contributed by atoms with Crippen LogP contribution in [0.15, 0.2) is 36.4 Å². The Hall–Kier alpha value is -2.10. The summed E-state index contributed by atoms with van der Waals surface area (Å²) >= 11 is 0. The van der Waals surface area contributed by atoms with Crippen molar-refractivity contribution < 1.29 is 19.4 Å². The molecule has 0 aliphatic carbocycles. The lowest BCUT2D eigenvalue weighted by Gasteiger charge is -2.07. The number of carbonyl (C=O) groups excluding carboxylic acids is 1. The van der Waals surface area contributed by atoms with E-state index in [1.54, 1.807) is 12.1 Å². The molecular weight excluding hydrogens is 376 g/mol. The third kappa shape index (κ3) is 12.5. The predicted octanol–water partition coefficient (Wildman–Crippen LogP) is 7.58. The monoisotopic (exact) mass is 416 g/mol. The van der Waals surface area contributed by atoms with E-state index in [4.69, 9.17) is 9.84 Å². The normalized spacial score (nSPS) is 11.1. The minimum absolute atomic E-state index is 0.0106. The molecule has 30 heavy (non-hydrogen) atoms. The van der Waals surface area contributed by atoms with Gasteiger partial charge in [-0.15, -0.1) is 0 Å². The molecule has 168 valence electrons. The molecule has 0 aromatic heterocycles. The van der Waals surface area contributed by atoms with E-state index in [0.29, 0.717) is 6.61 Å². The van der Waals surface area contributed by atoms with E-state index in [2.05, 4.69) is 19.1 Å². The molecule has 0 heterocycles. The van der Waals surface area contributed by atoms with Crippen molar-refractivity contribution in [1.29, 1.82) is 0 Å². The minimum Gasteiger partial charge on any atom is -0.478 e. The van der Waals surface area contributed by atoms with Crippen LogP contribution in [0, 0.1) is 0 Å².